The monoisotopic (exact) mass is 660 g/mol. The fraction of sp³-hybridized carbons (Fsp3) is 0.731. The Bertz CT molecular complexity index is 1340. The predicted octanol–water partition coefficient (Wildman–Crippen LogP) is -0.370. The van der Waals surface area contributed by atoms with Crippen LogP contribution in [0.3, 0.4) is 0 Å². The average Bonchev–Trinajstić information content (AvgIpc) is 3.54. The summed E-state index contributed by atoms with van der Waals surface area (Å²) in [4.78, 5) is 65.6. The van der Waals surface area contributed by atoms with E-state index in [0.29, 0.717) is 5.57 Å². The molecule has 0 aromatic heterocycles. The smallest absolute Gasteiger partial charge is 0.463 e. The largest absolute Gasteiger partial charge is 0.474 e. The van der Waals surface area contributed by atoms with Crippen molar-refractivity contribution in [2.45, 2.75) is 95.0 Å². The number of carbonyl (C=O) groups is 5. The number of amides is 5. The molecule has 0 saturated carbocycles. The van der Waals surface area contributed by atoms with E-state index in [4.69, 9.17) is 27.8 Å². The number of phosphoric ester groups is 1. The van der Waals surface area contributed by atoms with Crippen LogP contribution in [-0.2, 0) is 46.7 Å². The Hall–Kier alpha value is -2.96. The van der Waals surface area contributed by atoms with Crippen molar-refractivity contribution in [2.75, 3.05) is 26.9 Å². The molecule has 6 bridgehead atoms. The fourth-order valence-corrected chi connectivity index (χ4v) is 7.07. The van der Waals surface area contributed by atoms with Crippen LogP contribution in [0.25, 0.3) is 0 Å². The molecule has 0 aliphatic carbocycles. The SMILES string of the molecule is COP1(=O)OC[C@H]2O[C@H](C[C@@H]2O)N2CC(C)=C(NC2=O)[C@@H]2N(C(=O)NC(=O)[C@]2(C)O)C2C[C@H](O1)[C@@H](COC(=O)CCC(C)=O)O2. The van der Waals surface area contributed by atoms with Gasteiger partial charge in [-0.05, 0) is 26.3 Å². The normalized spacial score (nSPS) is 38.6. The predicted molar refractivity (Wildman–Crippen MR) is 147 cm³/mol. The van der Waals surface area contributed by atoms with E-state index >= 15 is 0 Å². The Morgan fingerprint density at radius 2 is 1.82 bits per heavy atom. The number of aliphatic hydroxyl groups excluding tert-OH is 1. The number of imide groups is 1. The summed E-state index contributed by atoms with van der Waals surface area (Å²) in [5.74, 6) is -1.97. The molecule has 4 saturated heterocycles. The number of urea groups is 2. The molecule has 2 unspecified atom stereocenters. The molecule has 5 amide bonds. The van der Waals surface area contributed by atoms with Gasteiger partial charge in [0, 0.05) is 38.6 Å². The van der Waals surface area contributed by atoms with Crippen LogP contribution < -0.4 is 10.6 Å². The minimum atomic E-state index is -4.41. The molecule has 4 N–H and O–H groups in total. The van der Waals surface area contributed by atoms with Gasteiger partial charge in [-0.3, -0.25) is 38.3 Å². The highest BCUT2D eigenvalue weighted by atomic mass is 31.2. The zero-order chi connectivity index (χ0) is 32.8. The Kier molecular flexibility index (Phi) is 9.41. The van der Waals surface area contributed by atoms with Gasteiger partial charge in [-0.15, -0.1) is 0 Å². The van der Waals surface area contributed by atoms with E-state index in [9.17, 15) is 38.8 Å². The van der Waals surface area contributed by atoms with Gasteiger partial charge < -0.3 is 34.5 Å². The van der Waals surface area contributed by atoms with Crippen LogP contribution in [0, 0.1) is 0 Å². The first-order valence-corrected chi connectivity index (χ1v) is 15.9. The summed E-state index contributed by atoms with van der Waals surface area (Å²) in [6, 6.07) is -3.12. The molecule has 45 heavy (non-hydrogen) atoms. The van der Waals surface area contributed by atoms with Crippen molar-refractivity contribution in [1.29, 1.82) is 0 Å². The van der Waals surface area contributed by atoms with Gasteiger partial charge >= 0.3 is 25.9 Å². The molecule has 0 aromatic carbocycles. The van der Waals surface area contributed by atoms with E-state index in [1.165, 1.54) is 18.7 Å². The molecule has 19 heteroatoms. The molecule has 6 heterocycles. The maximum atomic E-state index is 13.6. The number of carbonyl (C=O) groups excluding carboxylic acids is 5. The molecule has 4 fully saturated rings. The molecule has 9 atom stereocenters. The Morgan fingerprint density at radius 1 is 1.09 bits per heavy atom. The van der Waals surface area contributed by atoms with Crippen molar-refractivity contribution in [3.8, 4) is 0 Å². The van der Waals surface area contributed by atoms with Crippen LogP contribution in [0.2, 0.25) is 0 Å². The number of ketones is 1. The first-order valence-electron chi connectivity index (χ1n) is 14.4. The van der Waals surface area contributed by atoms with E-state index in [1.54, 1.807) is 6.92 Å². The van der Waals surface area contributed by atoms with Gasteiger partial charge in [-0.1, -0.05) is 0 Å². The second-order valence-corrected chi connectivity index (χ2v) is 13.4. The molecule has 6 aliphatic heterocycles. The fourth-order valence-electron chi connectivity index (χ4n) is 5.93. The molecule has 0 spiro atoms. The van der Waals surface area contributed by atoms with E-state index in [0.717, 1.165) is 12.0 Å². The third kappa shape index (κ3) is 6.64. The lowest BCUT2D eigenvalue weighted by atomic mass is 9.86. The lowest BCUT2D eigenvalue weighted by molar-refractivity contribution is -0.160. The standard InChI is InChI=1S/C26H37N4O14P/c1-12-9-29-18-7-14(32)16(42-18)11-41-45(38,39-4)44-15-8-19(43-17(15)10-40-20(33)6-5-13(2)31)30-22(21(12)27-24(29)35)26(3,37)23(34)28-25(30)36/h14-19,22,32,37H,5-11H2,1-4H3,(H,27,35)(H,28,34,36)/t14-,15-,16+,17+,18+,19?,22-,26+,45?/m0/s1. The van der Waals surface area contributed by atoms with E-state index in [-0.39, 0.29) is 43.7 Å². The van der Waals surface area contributed by atoms with Crippen molar-refractivity contribution in [3.05, 3.63) is 11.3 Å². The van der Waals surface area contributed by atoms with E-state index in [2.05, 4.69) is 10.6 Å². The number of fused-ring (bicyclic) bond motifs is 5. The second kappa shape index (κ2) is 12.7. The lowest BCUT2D eigenvalue weighted by Crippen LogP contribution is -2.73. The quantitative estimate of drug-likeness (QED) is 0.211. The van der Waals surface area contributed by atoms with Crippen LogP contribution in [-0.4, -0.2) is 125 Å². The molecule has 250 valence electrons. The third-order valence-corrected chi connectivity index (χ3v) is 9.83. The second-order valence-electron chi connectivity index (χ2n) is 11.7. The summed E-state index contributed by atoms with van der Waals surface area (Å²) in [5.41, 5.74) is -1.74. The van der Waals surface area contributed by atoms with Crippen LogP contribution in [0.1, 0.15) is 46.5 Å². The number of hydrogen-bond acceptors (Lipinski definition) is 14. The van der Waals surface area contributed by atoms with Gasteiger partial charge in [0.1, 0.15) is 49.2 Å². The maximum Gasteiger partial charge on any atom is 0.474 e. The zero-order valence-electron chi connectivity index (χ0n) is 25.1. The molecule has 18 nitrogen and oxygen atoms in total. The summed E-state index contributed by atoms with van der Waals surface area (Å²) in [6.07, 6.45) is -7.23. The molecular weight excluding hydrogens is 623 g/mol. The maximum absolute atomic E-state index is 13.6. The van der Waals surface area contributed by atoms with Gasteiger partial charge in [-0.2, -0.15) is 0 Å². The number of phosphoric acid groups is 1. The van der Waals surface area contributed by atoms with Crippen LogP contribution >= 0.6 is 7.82 Å². The van der Waals surface area contributed by atoms with Gasteiger partial charge in [0.25, 0.3) is 5.91 Å². The van der Waals surface area contributed by atoms with Crippen LogP contribution in [0.15, 0.2) is 11.3 Å². The Labute approximate surface area is 257 Å². The molecular formula is C26H37N4O14P. The average molecular weight is 661 g/mol. The highest BCUT2D eigenvalue weighted by Gasteiger charge is 2.58. The number of ether oxygens (including phenoxy) is 3. The Morgan fingerprint density at radius 3 is 2.51 bits per heavy atom. The summed E-state index contributed by atoms with van der Waals surface area (Å²) < 4.78 is 47.2. The van der Waals surface area contributed by atoms with Gasteiger partial charge in [0.05, 0.1) is 19.1 Å². The summed E-state index contributed by atoms with van der Waals surface area (Å²) in [6.45, 7) is 3.19. The minimum absolute atomic E-state index is 0.00797. The highest BCUT2D eigenvalue weighted by molar-refractivity contribution is 7.48. The van der Waals surface area contributed by atoms with E-state index < -0.39 is 93.5 Å². The lowest BCUT2D eigenvalue weighted by Gasteiger charge is -2.48. The summed E-state index contributed by atoms with van der Waals surface area (Å²) in [7, 11) is -3.34. The number of nitrogens with zero attached hydrogens (tertiary/aromatic N) is 2. The van der Waals surface area contributed by atoms with Crippen molar-refractivity contribution in [2.24, 2.45) is 0 Å². The number of rotatable bonds is 6. The van der Waals surface area contributed by atoms with Crippen molar-refractivity contribution in [3.63, 3.8) is 0 Å². The Balaban J connectivity index is 1.54. The van der Waals surface area contributed by atoms with Crippen LogP contribution in [0.5, 0.6) is 0 Å². The number of aliphatic hydroxyl groups is 2. The third-order valence-electron chi connectivity index (χ3n) is 8.39. The van der Waals surface area contributed by atoms with Crippen molar-refractivity contribution in [1.82, 2.24) is 20.4 Å². The number of nitrogens with one attached hydrogen (secondary N) is 2. The van der Waals surface area contributed by atoms with Gasteiger partial charge in [-0.25, -0.2) is 14.2 Å². The molecule has 6 aliphatic rings. The number of esters is 1. The topological polar surface area (TPSA) is 229 Å². The summed E-state index contributed by atoms with van der Waals surface area (Å²) >= 11 is 0. The first-order chi connectivity index (χ1) is 21.1. The highest BCUT2D eigenvalue weighted by Crippen LogP contribution is 2.53. The zero-order valence-corrected chi connectivity index (χ0v) is 26.0. The van der Waals surface area contributed by atoms with Crippen LogP contribution in [0.4, 0.5) is 9.59 Å². The first kappa shape index (κ1) is 33.4. The molecule has 0 radical (unpaired) electrons. The number of Topliss-reactive ketones (excluding diaryl/α,β-unsaturated/α-hetero) is 1. The van der Waals surface area contributed by atoms with Gasteiger partial charge in [0.2, 0.25) is 0 Å². The minimum Gasteiger partial charge on any atom is -0.463 e. The van der Waals surface area contributed by atoms with Gasteiger partial charge in [0.15, 0.2) is 5.60 Å². The number of hydrogen-bond donors (Lipinski definition) is 4. The summed E-state index contributed by atoms with van der Waals surface area (Å²) in [5, 5.41) is 26.9. The van der Waals surface area contributed by atoms with Crippen molar-refractivity contribution < 1.29 is 66.5 Å². The molecule has 6 rings (SSSR count). The van der Waals surface area contributed by atoms with E-state index in [1.807, 2.05) is 0 Å². The van der Waals surface area contributed by atoms with Crippen molar-refractivity contribution >= 4 is 37.5 Å². The molecule has 0 aromatic rings.